The first kappa shape index (κ1) is 11.4. The molecule has 1 nitrogen and oxygen atoms in total. The third-order valence-corrected chi connectivity index (χ3v) is 2.33. The zero-order chi connectivity index (χ0) is 11.1. The third kappa shape index (κ3) is 3.18. The summed E-state index contributed by atoms with van der Waals surface area (Å²) >= 11 is 0. The Labute approximate surface area is 92.2 Å². The molecule has 0 spiro atoms. The van der Waals surface area contributed by atoms with Gasteiger partial charge in [0.05, 0.1) is 0 Å². The van der Waals surface area contributed by atoms with E-state index in [1.165, 1.54) is 11.1 Å². The van der Waals surface area contributed by atoms with Gasteiger partial charge in [-0.05, 0) is 35.9 Å². The van der Waals surface area contributed by atoms with Crippen LogP contribution in [0, 0.1) is 12.3 Å². The van der Waals surface area contributed by atoms with Gasteiger partial charge in [-0.2, -0.15) is 0 Å². The van der Waals surface area contributed by atoms with Crippen LogP contribution in [0.25, 0.3) is 0 Å². The molecule has 0 heterocycles. The Morgan fingerprint density at radius 1 is 1.47 bits per heavy atom. The molecule has 0 unspecified atom stereocenters. The topological polar surface area (TPSA) is 12.0 Å². The third-order valence-electron chi connectivity index (χ3n) is 2.33. The van der Waals surface area contributed by atoms with E-state index in [1.54, 1.807) is 6.20 Å². The lowest BCUT2D eigenvalue weighted by Gasteiger charge is -2.09. The second kappa shape index (κ2) is 5.93. The van der Waals surface area contributed by atoms with Crippen LogP contribution in [-0.2, 0) is 13.0 Å². The minimum atomic E-state index is 0.800. The largest absolute Gasteiger partial charge is 0.387 e. The highest BCUT2D eigenvalue weighted by Gasteiger charge is 2.01. The van der Waals surface area contributed by atoms with Gasteiger partial charge in [0.2, 0.25) is 0 Å². The van der Waals surface area contributed by atoms with Crippen molar-refractivity contribution in [2.75, 3.05) is 0 Å². The first-order chi connectivity index (χ1) is 7.31. The van der Waals surface area contributed by atoms with Crippen molar-refractivity contribution >= 4 is 0 Å². The van der Waals surface area contributed by atoms with Crippen molar-refractivity contribution in [3.8, 4) is 12.3 Å². The van der Waals surface area contributed by atoms with Gasteiger partial charge in [0, 0.05) is 12.1 Å². The Kier molecular flexibility index (Phi) is 4.50. The first-order valence-corrected chi connectivity index (χ1v) is 5.24. The molecule has 1 heteroatoms. The first-order valence-electron chi connectivity index (χ1n) is 5.24. The molecule has 1 N–H and O–H groups in total. The molecule has 1 aromatic carbocycles. The molecule has 0 aliphatic heterocycles. The number of hydrogen-bond donors (Lipinski definition) is 1. The highest BCUT2D eigenvalue weighted by atomic mass is 14.8. The van der Waals surface area contributed by atoms with Crippen LogP contribution in [0.2, 0.25) is 0 Å². The number of aryl methyl sites for hydroxylation is 1. The van der Waals surface area contributed by atoms with Gasteiger partial charge in [0.1, 0.15) is 0 Å². The van der Waals surface area contributed by atoms with Gasteiger partial charge in [-0.1, -0.05) is 31.9 Å². The standard InChI is InChI=1S/C14H17N/c1-4-7-13-9-8-12(5-2)10-14(13)11-15-6-3/h2,6,8-10,15H,3-4,7,11H2,1H3. The second-order valence-electron chi connectivity index (χ2n) is 3.46. The average molecular weight is 199 g/mol. The molecular weight excluding hydrogens is 182 g/mol. The highest BCUT2D eigenvalue weighted by Crippen LogP contribution is 2.13. The molecule has 0 aliphatic rings. The smallest absolute Gasteiger partial charge is 0.0398 e. The molecule has 1 rings (SSSR count). The SMILES string of the molecule is C#Cc1ccc(CCC)c(CNC=C)c1. The summed E-state index contributed by atoms with van der Waals surface area (Å²) in [6.07, 6.45) is 9.33. The lowest BCUT2D eigenvalue weighted by atomic mass is 10.0. The van der Waals surface area contributed by atoms with Gasteiger partial charge in [-0.3, -0.25) is 0 Å². The molecule has 15 heavy (non-hydrogen) atoms. The summed E-state index contributed by atoms with van der Waals surface area (Å²) in [5.41, 5.74) is 3.58. The van der Waals surface area contributed by atoms with E-state index >= 15 is 0 Å². The Balaban J connectivity index is 2.94. The predicted molar refractivity (Wildman–Crippen MR) is 65.4 cm³/mol. The minimum Gasteiger partial charge on any atom is -0.387 e. The van der Waals surface area contributed by atoms with Crippen molar-refractivity contribution in [2.45, 2.75) is 26.3 Å². The zero-order valence-corrected chi connectivity index (χ0v) is 9.22. The van der Waals surface area contributed by atoms with Gasteiger partial charge < -0.3 is 5.32 Å². The molecule has 0 fully saturated rings. The van der Waals surface area contributed by atoms with Crippen LogP contribution in [0.1, 0.15) is 30.0 Å². The fraction of sp³-hybridized carbons (Fsp3) is 0.286. The Morgan fingerprint density at radius 3 is 2.87 bits per heavy atom. The quantitative estimate of drug-likeness (QED) is 0.719. The number of hydrogen-bond acceptors (Lipinski definition) is 1. The van der Waals surface area contributed by atoms with E-state index < -0.39 is 0 Å². The van der Waals surface area contributed by atoms with Crippen LogP contribution in [0.15, 0.2) is 31.0 Å². The van der Waals surface area contributed by atoms with Gasteiger partial charge in [-0.25, -0.2) is 0 Å². The lowest BCUT2D eigenvalue weighted by Crippen LogP contribution is -2.07. The van der Waals surface area contributed by atoms with Crippen molar-refractivity contribution < 1.29 is 0 Å². The van der Waals surface area contributed by atoms with Crippen LogP contribution in [0.4, 0.5) is 0 Å². The summed E-state index contributed by atoms with van der Waals surface area (Å²) in [6, 6.07) is 6.20. The van der Waals surface area contributed by atoms with Crippen LogP contribution in [-0.4, -0.2) is 0 Å². The summed E-state index contributed by atoms with van der Waals surface area (Å²) in [4.78, 5) is 0. The Hall–Kier alpha value is -1.68. The molecule has 0 amide bonds. The Morgan fingerprint density at radius 2 is 2.27 bits per heavy atom. The maximum atomic E-state index is 5.38. The predicted octanol–water partition coefficient (Wildman–Crippen LogP) is 2.85. The van der Waals surface area contributed by atoms with Crippen molar-refractivity contribution in [2.24, 2.45) is 0 Å². The number of rotatable bonds is 5. The van der Waals surface area contributed by atoms with Crippen LogP contribution in [0.5, 0.6) is 0 Å². The van der Waals surface area contributed by atoms with Crippen molar-refractivity contribution in [1.82, 2.24) is 5.32 Å². The summed E-state index contributed by atoms with van der Waals surface area (Å²) in [5, 5.41) is 3.11. The van der Waals surface area contributed by atoms with Gasteiger partial charge in [0.15, 0.2) is 0 Å². The van der Waals surface area contributed by atoms with E-state index in [0.717, 1.165) is 24.9 Å². The number of benzene rings is 1. The molecule has 0 saturated carbocycles. The van der Waals surface area contributed by atoms with Gasteiger partial charge in [-0.15, -0.1) is 6.42 Å². The minimum absolute atomic E-state index is 0.800. The van der Waals surface area contributed by atoms with E-state index in [-0.39, 0.29) is 0 Å². The summed E-state index contributed by atoms with van der Waals surface area (Å²) in [5.74, 6) is 2.66. The lowest BCUT2D eigenvalue weighted by molar-refractivity contribution is 0.832. The van der Waals surface area contributed by atoms with Crippen LogP contribution < -0.4 is 5.32 Å². The fourth-order valence-electron chi connectivity index (χ4n) is 1.58. The number of terminal acetylenes is 1. The van der Waals surface area contributed by atoms with E-state index in [0.29, 0.717) is 0 Å². The van der Waals surface area contributed by atoms with Gasteiger partial charge in [0.25, 0.3) is 0 Å². The number of nitrogens with one attached hydrogen (secondary N) is 1. The highest BCUT2D eigenvalue weighted by molar-refractivity contribution is 5.40. The van der Waals surface area contributed by atoms with Gasteiger partial charge >= 0.3 is 0 Å². The van der Waals surface area contributed by atoms with Crippen molar-refractivity contribution in [1.29, 1.82) is 0 Å². The summed E-state index contributed by atoms with van der Waals surface area (Å²) < 4.78 is 0. The molecule has 0 aromatic heterocycles. The van der Waals surface area contributed by atoms with Crippen molar-refractivity contribution in [3.05, 3.63) is 47.7 Å². The molecule has 78 valence electrons. The van der Waals surface area contributed by atoms with Crippen LogP contribution in [0.3, 0.4) is 0 Å². The maximum absolute atomic E-state index is 5.38. The molecule has 0 atom stereocenters. The normalized spacial score (nSPS) is 9.33. The van der Waals surface area contributed by atoms with E-state index in [2.05, 4.69) is 36.9 Å². The molecule has 1 aromatic rings. The van der Waals surface area contributed by atoms with E-state index in [4.69, 9.17) is 6.42 Å². The molecular formula is C14H17N. The molecule has 0 aliphatic carbocycles. The zero-order valence-electron chi connectivity index (χ0n) is 9.22. The Bertz CT molecular complexity index is 371. The molecule has 0 radical (unpaired) electrons. The van der Waals surface area contributed by atoms with E-state index in [9.17, 15) is 0 Å². The molecule has 0 bridgehead atoms. The maximum Gasteiger partial charge on any atom is 0.0398 e. The summed E-state index contributed by atoms with van der Waals surface area (Å²) in [7, 11) is 0. The second-order valence-corrected chi connectivity index (χ2v) is 3.46. The summed E-state index contributed by atoms with van der Waals surface area (Å²) in [6.45, 7) is 6.62. The van der Waals surface area contributed by atoms with Crippen molar-refractivity contribution in [3.63, 3.8) is 0 Å². The molecule has 0 saturated heterocycles. The van der Waals surface area contributed by atoms with E-state index in [1.807, 2.05) is 6.07 Å². The monoisotopic (exact) mass is 199 g/mol. The average Bonchev–Trinajstić information content (AvgIpc) is 2.28. The van der Waals surface area contributed by atoms with Crippen LogP contribution >= 0.6 is 0 Å². The fourth-order valence-corrected chi connectivity index (χ4v) is 1.58.